The summed E-state index contributed by atoms with van der Waals surface area (Å²) in [6, 6.07) is 9.51. The van der Waals surface area contributed by atoms with Gasteiger partial charge in [0.05, 0.1) is 6.10 Å². The van der Waals surface area contributed by atoms with Crippen LogP contribution in [0.2, 0.25) is 0 Å². The molecule has 0 saturated heterocycles. The van der Waals surface area contributed by atoms with Gasteiger partial charge in [-0.3, -0.25) is 0 Å². The Morgan fingerprint density at radius 1 is 1.29 bits per heavy atom. The molecule has 1 unspecified atom stereocenters. The van der Waals surface area contributed by atoms with E-state index >= 15 is 0 Å². The highest BCUT2D eigenvalue weighted by atomic mass is 32.1. The minimum absolute atomic E-state index is 0.319. The van der Waals surface area contributed by atoms with Gasteiger partial charge in [-0.2, -0.15) is 12.6 Å². The number of rotatable bonds is 3. The van der Waals surface area contributed by atoms with E-state index in [1.807, 2.05) is 37.3 Å². The molecule has 3 heteroatoms. The molecule has 1 atom stereocenters. The normalized spacial score (nSPS) is 11.4. The van der Waals surface area contributed by atoms with Crippen molar-refractivity contribution in [3.63, 3.8) is 0 Å². The van der Waals surface area contributed by atoms with Crippen molar-refractivity contribution in [3.8, 4) is 0 Å². The van der Waals surface area contributed by atoms with E-state index in [-0.39, 0.29) is 0 Å². The van der Waals surface area contributed by atoms with Crippen LogP contribution < -0.4 is 0 Å². The Balaban J connectivity index is 0.000000364. The van der Waals surface area contributed by atoms with E-state index in [1.54, 1.807) is 0 Å². The SMILES string of the molecule is CCCO.OC(CS)c1ccccc1. The van der Waals surface area contributed by atoms with Crippen molar-refractivity contribution in [1.29, 1.82) is 0 Å². The second-order valence-electron chi connectivity index (χ2n) is 2.83. The lowest BCUT2D eigenvalue weighted by Crippen LogP contribution is -1.97. The van der Waals surface area contributed by atoms with Crippen LogP contribution in [0, 0.1) is 0 Å². The number of hydrogen-bond acceptors (Lipinski definition) is 3. The summed E-state index contributed by atoms with van der Waals surface area (Å²) in [5.41, 5.74) is 0.928. The molecule has 1 aromatic carbocycles. The van der Waals surface area contributed by atoms with E-state index in [1.165, 1.54) is 0 Å². The summed E-state index contributed by atoms with van der Waals surface area (Å²) in [6.07, 6.45) is 0.449. The predicted octanol–water partition coefficient (Wildman–Crippen LogP) is 2.04. The van der Waals surface area contributed by atoms with Gasteiger partial charge >= 0.3 is 0 Å². The molecule has 14 heavy (non-hydrogen) atoms. The largest absolute Gasteiger partial charge is 0.396 e. The summed E-state index contributed by atoms with van der Waals surface area (Å²) in [4.78, 5) is 0. The third kappa shape index (κ3) is 6.02. The molecule has 0 amide bonds. The minimum Gasteiger partial charge on any atom is -0.396 e. The Morgan fingerprint density at radius 2 is 1.79 bits per heavy atom. The Morgan fingerprint density at radius 3 is 2.14 bits per heavy atom. The average molecular weight is 214 g/mol. The minimum atomic E-state index is -0.426. The maximum Gasteiger partial charge on any atom is 0.0877 e. The monoisotopic (exact) mass is 214 g/mol. The first-order valence-corrected chi connectivity index (χ1v) is 5.34. The van der Waals surface area contributed by atoms with Crippen LogP contribution in [0.15, 0.2) is 30.3 Å². The first-order valence-electron chi connectivity index (χ1n) is 4.71. The van der Waals surface area contributed by atoms with E-state index in [2.05, 4.69) is 12.6 Å². The number of aliphatic hydroxyl groups is 2. The molecule has 0 radical (unpaired) electrons. The van der Waals surface area contributed by atoms with E-state index in [0.29, 0.717) is 12.4 Å². The van der Waals surface area contributed by atoms with Crippen molar-refractivity contribution < 1.29 is 10.2 Å². The molecule has 0 fully saturated rings. The third-order valence-corrected chi connectivity index (χ3v) is 1.93. The molecule has 1 rings (SSSR count). The van der Waals surface area contributed by atoms with Gasteiger partial charge in [0.2, 0.25) is 0 Å². The first kappa shape index (κ1) is 13.5. The van der Waals surface area contributed by atoms with Crippen LogP contribution in [0.25, 0.3) is 0 Å². The molecule has 0 aliphatic heterocycles. The summed E-state index contributed by atoms with van der Waals surface area (Å²) in [6.45, 7) is 2.25. The lowest BCUT2D eigenvalue weighted by atomic mass is 10.1. The molecule has 0 aliphatic carbocycles. The fourth-order valence-electron chi connectivity index (χ4n) is 0.781. The second-order valence-corrected chi connectivity index (χ2v) is 3.20. The standard InChI is InChI=1S/C8H10OS.C3H8O/c9-8(6-10)7-4-2-1-3-5-7;1-2-3-4/h1-5,8-10H,6H2;4H,2-3H2,1H3. The lowest BCUT2D eigenvalue weighted by molar-refractivity contribution is 0.204. The van der Waals surface area contributed by atoms with Crippen LogP contribution in [0.3, 0.4) is 0 Å². The summed E-state index contributed by atoms with van der Waals surface area (Å²) in [7, 11) is 0. The summed E-state index contributed by atoms with van der Waals surface area (Å²) < 4.78 is 0. The summed E-state index contributed by atoms with van der Waals surface area (Å²) in [5.74, 6) is 0.476. The van der Waals surface area contributed by atoms with Gasteiger partial charge < -0.3 is 10.2 Å². The second kappa shape index (κ2) is 9.06. The van der Waals surface area contributed by atoms with Crippen molar-refractivity contribution in [3.05, 3.63) is 35.9 Å². The molecule has 80 valence electrons. The number of thiol groups is 1. The highest BCUT2D eigenvalue weighted by Crippen LogP contribution is 2.12. The van der Waals surface area contributed by atoms with Crippen LogP contribution in [0.1, 0.15) is 25.0 Å². The topological polar surface area (TPSA) is 40.5 Å². The number of aliphatic hydroxyl groups excluding tert-OH is 2. The van der Waals surface area contributed by atoms with Crippen molar-refractivity contribution in [2.24, 2.45) is 0 Å². The van der Waals surface area contributed by atoms with Gasteiger partial charge in [-0.05, 0) is 12.0 Å². The Hall–Kier alpha value is -0.510. The molecule has 0 heterocycles. The van der Waals surface area contributed by atoms with Crippen LogP contribution in [0.5, 0.6) is 0 Å². The van der Waals surface area contributed by atoms with Gasteiger partial charge in [0.15, 0.2) is 0 Å². The van der Waals surface area contributed by atoms with E-state index in [9.17, 15) is 5.11 Å². The molecule has 2 nitrogen and oxygen atoms in total. The average Bonchev–Trinajstić information content (AvgIpc) is 2.29. The Labute approximate surface area is 91.0 Å². The molecule has 0 saturated carbocycles. The molecular weight excluding hydrogens is 196 g/mol. The van der Waals surface area contributed by atoms with E-state index < -0.39 is 6.10 Å². The first-order chi connectivity index (χ1) is 6.76. The Kier molecular flexibility index (Phi) is 8.73. The molecule has 0 aromatic heterocycles. The van der Waals surface area contributed by atoms with Gasteiger partial charge in [0.1, 0.15) is 0 Å². The molecule has 1 aromatic rings. The third-order valence-electron chi connectivity index (χ3n) is 1.58. The Bertz CT molecular complexity index is 212. The molecule has 0 bridgehead atoms. The fraction of sp³-hybridized carbons (Fsp3) is 0.455. The molecule has 2 N–H and O–H groups in total. The maximum absolute atomic E-state index is 9.25. The summed E-state index contributed by atoms with van der Waals surface area (Å²) >= 11 is 3.98. The quantitative estimate of drug-likeness (QED) is 0.674. The maximum atomic E-state index is 9.25. The van der Waals surface area contributed by atoms with Gasteiger partial charge in [0, 0.05) is 12.4 Å². The van der Waals surface area contributed by atoms with Crippen molar-refractivity contribution in [2.45, 2.75) is 19.4 Å². The zero-order valence-electron chi connectivity index (χ0n) is 8.43. The van der Waals surface area contributed by atoms with E-state index in [4.69, 9.17) is 5.11 Å². The highest BCUT2D eigenvalue weighted by Gasteiger charge is 2.01. The van der Waals surface area contributed by atoms with Crippen molar-refractivity contribution >= 4 is 12.6 Å². The zero-order valence-corrected chi connectivity index (χ0v) is 9.32. The number of hydrogen-bond donors (Lipinski definition) is 3. The van der Waals surface area contributed by atoms with Crippen LogP contribution in [-0.2, 0) is 0 Å². The molecule has 0 aliphatic rings. The van der Waals surface area contributed by atoms with E-state index in [0.717, 1.165) is 12.0 Å². The van der Waals surface area contributed by atoms with Crippen molar-refractivity contribution in [2.75, 3.05) is 12.4 Å². The van der Waals surface area contributed by atoms with Crippen LogP contribution >= 0.6 is 12.6 Å². The smallest absolute Gasteiger partial charge is 0.0877 e. The lowest BCUT2D eigenvalue weighted by Gasteiger charge is -2.05. The molecule has 0 spiro atoms. The summed E-state index contributed by atoms with van der Waals surface area (Å²) in [5, 5.41) is 17.1. The van der Waals surface area contributed by atoms with Gasteiger partial charge in [-0.1, -0.05) is 37.3 Å². The van der Waals surface area contributed by atoms with Gasteiger partial charge in [-0.15, -0.1) is 0 Å². The van der Waals surface area contributed by atoms with Gasteiger partial charge in [0.25, 0.3) is 0 Å². The fourth-order valence-corrected chi connectivity index (χ4v) is 0.991. The van der Waals surface area contributed by atoms with Crippen molar-refractivity contribution in [1.82, 2.24) is 0 Å². The number of benzene rings is 1. The van der Waals surface area contributed by atoms with Crippen LogP contribution in [-0.4, -0.2) is 22.6 Å². The van der Waals surface area contributed by atoms with Gasteiger partial charge in [-0.25, -0.2) is 0 Å². The predicted molar refractivity (Wildman–Crippen MR) is 62.6 cm³/mol. The van der Waals surface area contributed by atoms with Crippen LogP contribution in [0.4, 0.5) is 0 Å². The zero-order chi connectivity index (χ0) is 10.8. The highest BCUT2D eigenvalue weighted by molar-refractivity contribution is 7.80. The molecular formula is C11H18O2S.